The Bertz CT molecular complexity index is 1710. The summed E-state index contributed by atoms with van der Waals surface area (Å²) in [5.74, 6) is -0.111. The maximum Gasteiger partial charge on any atom is 0.410 e. The zero-order chi connectivity index (χ0) is 37.3. The molecule has 3 aliphatic rings. The molecule has 1 saturated heterocycles. The minimum atomic E-state index is -0.928. The van der Waals surface area contributed by atoms with Crippen molar-refractivity contribution >= 4 is 23.9 Å². The molecule has 9 nitrogen and oxygen atoms in total. The van der Waals surface area contributed by atoms with Crippen LogP contribution in [0.5, 0.6) is 0 Å². The van der Waals surface area contributed by atoms with Gasteiger partial charge in [-0.3, -0.25) is 9.79 Å². The summed E-state index contributed by atoms with van der Waals surface area (Å²) >= 11 is 0. The number of ether oxygens (including phenoxy) is 1. The maximum atomic E-state index is 15.1. The lowest BCUT2D eigenvalue weighted by atomic mass is 9.76. The van der Waals surface area contributed by atoms with E-state index in [1.807, 2.05) is 98.6 Å². The van der Waals surface area contributed by atoms with Crippen LogP contribution in [0.1, 0.15) is 82.4 Å². The molecule has 1 saturated carbocycles. The van der Waals surface area contributed by atoms with Crippen LogP contribution in [0.3, 0.4) is 0 Å². The summed E-state index contributed by atoms with van der Waals surface area (Å²) < 4.78 is 5.75. The van der Waals surface area contributed by atoms with E-state index in [9.17, 15) is 9.90 Å². The molecule has 2 fully saturated rings. The Hall–Kier alpha value is -4.47. The van der Waals surface area contributed by atoms with Crippen molar-refractivity contribution in [1.29, 1.82) is 0 Å². The molecular formula is C44H57N5O4. The predicted octanol–water partition coefficient (Wildman–Crippen LogP) is 7.07. The van der Waals surface area contributed by atoms with E-state index in [1.165, 1.54) is 5.56 Å². The number of carbonyl (C=O) groups excluding carboxylic acids is 2. The molecule has 2 heterocycles. The van der Waals surface area contributed by atoms with Crippen molar-refractivity contribution in [3.63, 3.8) is 0 Å². The number of aliphatic imine (C=N–C) groups is 1. The van der Waals surface area contributed by atoms with E-state index >= 15 is 4.79 Å². The van der Waals surface area contributed by atoms with Gasteiger partial charge >= 0.3 is 6.09 Å². The van der Waals surface area contributed by atoms with Crippen molar-refractivity contribution in [1.82, 2.24) is 20.0 Å². The third-order valence-corrected chi connectivity index (χ3v) is 10.7. The van der Waals surface area contributed by atoms with Gasteiger partial charge in [-0.1, -0.05) is 104 Å². The quantitative estimate of drug-likeness (QED) is 0.218. The summed E-state index contributed by atoms with van der Waals surface area (Å²) in [6.45, 7) is 9.09. The Kier molecular flexibility index (Phi) is 12.7. The Morgan fingerprint density at radius 2 is 1.55 bits per heavy atom. The van der Waals surface area contributed by atoms with Crippen LogP contribution in [0.2, 0.25) is 0 Å². The molecule has 6 rings (SSSR count). The van der Waals surface area contributed by atoms with Crippen LogP contribution in [0.4, 0.5) is 4.79 Å². The first-order valence-electron chi connectivity index (χ1n) is 19.5. The van der Waals surface area contributed by atoms with Gasteiger partial charge in [-0.2, -0.15) is 0 Å². The van der Waals surface area contributed by atoms with Gasteiger partial charge in [0.15, 0.2) is 5.70 Å². The third-order valence-electron chi connectivity index (χ3n) is 10.7. The second-order valence-corrected chi connectivity index (χ2v) is 15.8. The van der Waals surface area contributed by atoms with E-state index in [0.717, 1.165) is 42.6 Å². The standard InChI is InChI=1S/C44H57N5O4/c1-43(2,3)53-42(51)47-28-15-29-48(37(23-30-47)32-34-16-7-4-8-17-34)41(50)39-40(36-20-11-6-12-21-36)49(31-27-46-39)38-22-13-14-24-44(38,52)25-26-45-33-35-18-9-5-10-19-35/h4-12,16-21,27,37-38,45,52H,13-15,22-26,28-33H2,1-3H3/t37-,38-,44?/m0/s1. The highest BCUT2D eigenvalue weighted by molar-refractivity contribution is 6.03. The van der Waals surface area contributed by atoms with Crippen LogP contribution in [-0.4, -0.2) is 94.0 Å². The smallest absolute Gasteiger partial charge is 0.410 e. The molecule has 3 atom stereocenters. The summed E-state index contributed by atoms with van der Waals surface area (Å²) in [6.07, 6.45) is 7.58. The van der Waals surface area contributed by atoms with Crippen molar-refractivity contribution in [2.45, 2.75) is 102 Å². The maximum absolute atomic E-state index is 15.1. The Labute approximate surface area is 315 Å². The minimum Gasteiger partial charge on any atom is -0.444 e. The molecule has 282 valence electrons. The molecule has 3 aromatic rings. The second-order valence-electron chi connectivity index (χ2n) is 15.8. The molecular weight excluding hydrogens is 663 g/mol. The summed E-state index contributed by atoms with van der Waals surface area (Å²) in [7, 11) is 0. The van der Waals surface area contributed by atoms with Gasteiger partial charge in [-0.25, -0.2) is 4.79 Å². The lowest BCUT2D eigenvalue weighted by Gasteiger charge is -2.48. The molecule has 1 unspecified atom stereocenters. The zero-order valence-corrected chi connectivity index (χ0v) is 31.8. The molecule has 9 heteroatoms. The zero-order valence-electron chi connectivity index (χ0n) is 31.8. The van der Waals surface area contributed by atoms with Crippen LogP contribution in [0, 0.1) is 0 Å². The fraction of sp³-hybridized carbons (Fsp3) is 0.477. The number of nitrogens with zero attached hydrogens (tertiary/aromatic N) is 4. The summed E-state index contributed by atoms with van der Waals surface area (Å²) in [5, 5.41) is 16.0. The summed E-state index contributed by atoms with van der Waals surface area (Å²) in [6, 6.07) is 30.4. The van der Waals surface area contributed by atoms with E-state index in [-0.39, 0.29) is 24.1 Å². The first-order chi connectivity index (χ1) is 25.6. The largest absolute Gasteiger partial charge is 0.444 e. The lowest BCUT2D eigenvalue weighted by molar-refractivity contribution is -0.130. The average molecular weight is 720 g/mol. The molecule has 2 amide bonds. The van der Waals surface area contributed by atoms with E-state index in [0.29, 0.717) is 70.5 Å². The molecule has 2 aliphatic heterocycles. The number of rotatable bonds is 10. The SMILES string of the molecule is CC(C)(C)OC(=O)N1CCCN(C(=O)C2=C(c3ccccc3)N([C@H]3CCCCC3(O)CCNCc3ccccc3)CC=N2)[C@H](Cc2ccccc2)CC1. The van der Waals surface area contributed by atoms with Gasteiger partial charge < -0.3 is 29.9 Å². The van der Waals surface area contributed by atoms with Crippen LogP contribution in [0.15, 0.2) is 102 Å². The number of hydrogen-bond donors (Lipinski definition) is 2. The number of aliphatic hydroxyl groups is 1. The Morgan fingerprint density at radius 1 is 0.868 bits per heavy atom. The van der Waals surface area contributed by atoms with Gasteiger partial charge in [0.05, 0.1) is 23.9 Å². The Balaban J connectivity index is 1.30. The molecule has 3 aromatic carbocycles. The molecule has 0 radical (unpaired) electrons. The highest BCUT2D eigenvalue weighted by Crippen LogP contribution is 2.40. The number of nitrogens with one attached hydrogen (secondary N) is 1. The van der Waals surface area contributed by atoms with E-state index in [4.69, 9.17) is 9.73 Å². The topological polar surface area (TPSA) is 97.7 Å². The van der Waals surface area contributed by atoms with Crippen LogP contribution < -0.4 is 5.32 Å². The molecule has 53 heavy (non-hydrogen) atoms. The Morgan fingerprint density at radius 3 is 2.25 bits per heavy atom. The van der Waals surface area contributed by atoms with Gasteiger partial charge in [-0.15, -0.1) is 0 Å². The number of amides is 2. The van der Waals surface area contributed by atoms with E-state index in [2.05, 4.69) is 34.5 Å². The predicted molar refractivity (Wildman–Crippen MR) is 211 cm³/mol. The molecule has 0 bridgehead atoms. The van der Waals surface area contributed by atoms with Crippen LogP contribution in [-0.2, 0) is 22.5 Å². The normalized spacial score (nSPS) is 22.7. The lowest BCUT2D eigenvalue weighted by Crippen LogP contribution is -2.56. The van der Waals surface area contributed by atoms with Crippen molar-refractivity contribution in [2.75, 3.05) is 32.7 Å². The fourth-order valence-electron chi connectivity index (χ4n) is 8.12. The van der Waals surface area contributed by atoms with Crippen molar-refractivity contribution < 1.29 is 19.4 Å². The summed E-state index contributed by atoms with van der Waals surface area (Å²) in [5.41, 5.74) is 2.97. The molecule has 2 N–H and O–H groups in total. The molecule has 1 aliphatic carbocycles. The third kappa shape index (κ3) is 9.95. The molecule has 0 aromatic heterocycles. The van der Waals surface area contributed by atoms with Gasteiger partial charge in [0.25, 0.3) is 5.91 Å². The monoisotopic (exact) mass is 719 g/mol. The number of hydrogen-bond acceptors (Lipinski definition) is 7. The van der Waals surface area contributed by atoms with Crippen molar-refractivity contribution in [2.24, 2.45) is 4.99 Å². The van der Waals surface area contributed by atoms with Gasteiger partial charge in [-0.05, 0) is 77.0 Å². The van der Waals surface area contributed by atoms with Gasteiger partial charge in [0, 0.05) is 44.0 Å². The summed E-state index contributed by atoms with van der Waals surface area (Å²) in [4.78, 5) is 39.2. The second kappa shape index (κ2) is 17.6. The highest BCUT2D eigenvalue weighted by atomic mass is 16.6. The minimum absolute atomic E-state index is 0.111. The van der Waals surface area contributed by atoms with Crippen molar-refractivity contribution in [3.8, 4) is 0 Å². The molecule has 0 spiro atoms. The average Bonchev–Trinajstić information content (AvgIpc) is 3.15. The van der Waals surface area contributed by atoms with Gasteiger partial charge in [0.1, 0.15) is 5.60 Å². The van der Waals surface area contributed by atoms with Crippen molar-refractivity contribution in [3.05, 3.63) is 113 Å². The van der Waals surface area contributed by atoms with E-state index < -0.39 is 11.2 Å². The fourth-order valence-corrected chi connectivity index (χ4v) is 8.12. The highest BCUT2D eigenvalue weighted by Gasteiger charge is 2.44. The van der Waals surface area contributed by atoms with Gasteiger partial charge in [0.2, 0.25) is 0 Å². The van der Waals surface area contributed by atoms with Crippen LogP contribution in [0.25, 0.3) is 5.70 Å². The van der Waals surface area contributed by atoms with E-state index in [1.54, 1.807) is 4.90 Å². The number of benzene rings is 3. The van der Waals surface area contributed by atoms with Crippen LogP contribution >= 0.6 is 0 Å². The first kappa shape index (κ1) is 38.3. The number of carbonyl (C=O) groups is 2. The first-order valence-corrected chi connectivity index (χ1v) is 19.5.